The molecule has 0 aliphatic carbocycles. The summed E-state index contributed by atoms with van der Waals surface area (Å²) in [6.45, 7) is 3.83. The van der Waals surface area contributed by atoms with Gasteiger partial charge in [-0.05, 0) is 31.5 Å². The smallest absolute Gasteiger partial charge is 0.165 e. The van der Waals surface area contributed by atoms with Crippen molar-refractivity contribution in [3.05, 3.63) is 29.6 Å². The molecule has 1 N–H and O–H groups in total. The van der Waals surface area contributed by atoms with Gasteiger partial charge >= 0.3 is 0 Å². The molecule has 0 unspecified atom stereocenters. The van der Waals surface area contributed by atoms with E-state index in [0.29, 0.717) is 12.2 Å². The molecular weight excluding hydrogens is 171 g/mol. The zero-order valence-electron chi connectivity index (χ0n) is 7.75. The molecule has 0 fully saturated rings. The van der Waals surface area contributed by atoms with Crippen molar-refractivity contribution < 1.29 is 14.2 Å². The molecule has 0 heterocycles. The van der Waals surface area contributed by atoms with Crippen molar-refractivity contribution in [3.63, 3.8) is 0 Å². The number of hydrogen-bond acceptors (Lipinski definition) is 2. The van der Waals surface area contributed by atoms with Gasteiger partial charge in [0.2, 0.25) is 0 Å². The van der Waals surface area contributed by atoms with Crippen LogP contribution in [-0.2, 0) is 0 Å². The van der Waals surface area contributed by atoms with Crippen LogP contribution in [0, 0.1) is 5.82 Å². The summed E-state index contributed by atoms with van der Waals surface area (Å²) >= 11 is 0. The van der Waals surface area contributed by atoms with Crippen molar-refractivity contribution in [1.29, 1.82) is 0 Å². The maximum absolute atomic E-state index is 13.0. The van der Waals surface area contributed by atoms with Gasteiger partial charge in [0, 0.05) is 0 Å². The van der Waals surface area contributed by atoms with Crippen molar-refractivity contribution in [2.24, 2.45) is 0 Å². The van der Waals surface area contributed by atoms with E-state index in [1.54, 1.807) is 19.9 Å². The second-order valence-electron chi connectivity index (χ2n) is 2.80. The lowest BCUT2D eigenvalue weighted by molar-refractivity contribution is 0.198. The van der Waals surface area contributed by atoms with Crippen LogP contribution in [0.3, 0.4) is 0 Å². The van der Waals surface area contributed by atoms with Crippen LogP contribution in [0.25, 0.3) is 0 Å². The van der Waals surface area contributed by atoms with Gasteiger partial charge in [0.25, 0.3) is 0 Å². The molecule has 1 aromatic carbocycles. The van der Waals surface area contributed by atoms with Crippen LogP contribution >= 0.6 is 0 Å². The highest BCUT2D eigenvalue weighted by atomic mass is 19.1. The molecule has 72 valence electrons. The molecule has 0 saturated carbocycles. The third kappa shape index (κ3) is 2.42. The van der Waals surface area contributed by atoms with Crippen molar-refractivity contribution >= 4 is 0 Å². The van der Waals surface area contributed by atoms with E-state index in [4.69, 9.17) is 4.74 Å². The van der Waals surface area contributed by atoms with Crippen molar-refractivity contribution in [2.75, 3.05) is 6.61 Å². The zero-order valence-corrected chi connectivity index (χ0v) is 7.75. The number of aliphatic hydroxyl groups is 1. The third-order valence-corrected chi connectivity index (χ3v) is 1.74. The van der Waals surface area contributed by atoms with Gasteiger partial charge in [0.1, 0.15) is 0 Å². The van der Waals surface area contributed by atoms with Gasteiger partial charge in [-0.1, -0.05) is 6.07 Å². The predicted molar refractivity (Wildman–Crippen MR) is 48.2 cm³/mol. The number of rotatable bonds is 3. The first kappa shape index (κ1) is 9.99. The topological polar surface area (TPSA) is 29.5 Å². The Kier molecular flexibility index (Phi) is 3.25. The molecule has 0 aromatic heterocycles. The summed E-state index contributed by atoms with van der Waals surface area (Å²) in [5.74, 6) is -0.202. The maximum Gasteiger partial charge on any atom is 0.165 e. The average Bonchev–Trinajstić information content (AvgIpc) is 2.08. The van der Waals surface area contributed by atoms with Gasteiger partial charge < -0.3 is 9.84 Å². The van der Waals surface area contributed by atoms with E-state index in [9.17, 15) is 9.50 Å². The maximum atomic E-state index is 13.0. The van der Waals surface area contributed by atoms with Crippen LogP contribution in [-0.4, -0.2) is 11.7 Å². The molecule has 2 nitrogen and oxygen atoms in total. The van der Waals surface area contributed by atoms with Crippen molar-refractivity contribution in [3.8, 4) is 5.75 Å². The number of hydrogen-bond donors (Lipinski definition) is 1. The normalized spacial score (nSPS) is 12.6. The standard InChI is InChI=1S/C10H13FO2/c1-3-13-10-6-8(7(2)12)4-5-9(10)11/h4-7,12H,3H2,1-2H3/t7-/m1/s1. The summed E-state index contributed by atoms with van der Waals surface area (Å²) < 4.78 is 18.1. The molecule has 13 heavy (non-hydrogen) atoms. The fraction of sp³-hybridized carbons (Fsp3) is 0.400. The second kappa shape index (κ2) is 4.23. The zero-order chi connectivity index (χ0) is 9.84. The molecule has 0 bridgehead atoms. The first-order valence-corrected chi connectivity index (χ1v) is 4.25. The van der Waals surface area contributed by atoms with Crippen LogP contribution < -0.4 is 4.74 Å². The molecule has 1 atom stereocenters. The Morgan fingerprint density at radius 2 is 2.23 bits per heavy atom. The second-order valence-corrected chi connectivity index (χ2v) is 2.80. The summed E-state index contributed by atoms with van der Waals surface area (Å²) in [5.41, 5.74) is 0.657. The molecule has 0 spiro atoms. The molecular formula is C10H13FO2. The molecule has 0 amide bonds. The minimum absolute atomic E-state index is 0.195. The van der Waals surface area contributed by atoms with Gasteiger partial charge in [-0.3, -0.25) is 0 Å². The Morgan fingerprint density at radius 1 is 1.54 bits per heavy atom. The Morgan fingerprint density at radius 3 is 2.77 bits per heavy atom. The fourth-order valence-corrected chi connectivity index (χ4v) is 1.05. The Hall–Kier alpha value is -1.09. The first-order valence-electron chi connectivity index (χ1n) is 4.25. The third-order valence-electron chi connectivity index (χ3n) is 1.74. The first-order chi connectivity index (χ1) is 6.15. The molecule has 0 aliphatic rings. The fourth-order valence-electron chi connectivity index (χ4n) is 1.05. The number of ether oxygens (including phenoxy) is 1. The summed E-state index contributed by atoms with van der Waals surface area (Å²) in [7, 11) is 0. The van der Waals surface area contributed by atoms with Crippen LogP contribution in [0.1, 0.15) is 25.5 Å². The Labute approximate surface area is 77.0 Å². The van der Waals surface area contributed by atoms with Gasteiger partial charge in [0.15, 0.2) is 11.6 Å². The molecule has 1 rings (SSSR count). The highest BCUT2D eigenvalue weighted by Crippen LogP contribution is 2.22. The highest BCUT2D eigenvalue weighted by Gasteiger charge is 2.06. The average molecular weight is 184 g/mol. The van der Waals surface area contributed by atoms with E-state index in [0.717, 1.165) is 0 Å². The minimum Gasteiger partial charge on any atom is -0.491 e. The molecule has 1 aromatic rings. The lowest BCUT2D eigenvalue weighted by Gasteiger charge is -2.08. The van der Waals surface area contributed by atoms with E-state index in [-0.39, 0.29) is 5.75 Å². The molecule has 0 saturated heterocycles. The number of halogens is 1. The highest BCUT2D eigenvalue weighted by molar-refractivity contribution is 5.31. The van der Waals surface area contributed by atoms with Gasteiger partial charge in [0.05, 0.1) is 12.7 Å². The predicted octanol–water partition coefficient (Wildman–Crippen LogP) is 2.28. The Balaban J connectivity index is 2.97. The van der Waals surface area contributed by atoms with Gasteiger partial charge in [-0.2, -0.15) is 0 Å². The summed E-state index contributed by atoms with van der Waals surface area (Å²) in [6, 6.07) is 4.36. The molecule has 0 radical (unpaired) electrons. The van der Waals surface area contributed by atoms with Crippen molar-refractivity contribution in [2.45, 2.75) is 20.0 Å². The lowest BCUT2D eigenvalue weighted by Crippen LogP contribution is -1.97. The lowest BCUT2D eigenvalue weighted by atomic mass is 10.1. The quantitative estimate of drug-likeness (QED) is 0.780. The molecule has 0 aliphatic heterocycles. The van der Waals surface area contributed by atoms with E-state index in [2.05, 4.69) is 0 Å². The largest absolute Gasteiger partial charge is 0.491 e. The molecule has 3 heteroatoms. The van der Waals surface area contributed by atoms with E-state index < -0.39 is 11.9 Å². The number of aliphatic hydroxyl groups excluding tert-OH is 1. The van der Waals surface area contributed by atoms with E-state index in [1.165, 1.54) is 12.1 Å². The summed E-state index contributed by atoms with van der Waals surface area (Å²) in [5, 5.41) is 9.23. The number of benzene rings is 1. The van der Waals surface area contributed by atoms with Gasteiger partial charge in [-0.15, -0.1) is 0 Å². The monoisotopic (exact) mass is 184 g/mol. The summed E-state index contributed by atoms with van der Waals surface area (Å²) in [4.78, 5) is 0. The van der Waals surface area contributed by atoms with Crippen molar-refractivity contribution in [1.82, 2.24) is 0 Å². The van der Waals surface area contributed by atoms with Crippen LogP contribution in [0.5, 0.6) is 5.75 Å². The summed E-state index contributed by atoms with van der Waals surface area (Å²) in [6.07, 6.45) is -0.597. The SMILES string of the molecule is CCOc1cc([C@@H](C)O)ccc1F. The van der Waals surface area contributed by atoms with Crippen LogP contribution in [0.4, 0.5) is 4.39 Å². The van der Waals surface area contributed by atoms with E-state index >= 15 is 0 Å². The van der Waals surface area contributed by atoms with Crippen LogP contribution in [0.15, 0.2) is 18.2 Å². The van der Waals surface area contributed by atoms with Gasteiger partial charge in [-0.25, -0.2) is 4.39 Å². The Bertz CT molecular complexity index is 284. The minimum atomic E-state index is -0.597. The van der Waals surface area contributed by atoms with E-state index in [1.807, 2.05) is 0 Å². The van der Waals surface area contributed by atoms with Crippen LogP contribution in [0.2, 0.25) is 0 Å².